The Bertz CT molecular complexity index is 387. The van der Waals surface area contributed by atoms with Crippen LogP contribution in [-0.2, 0) is 16.0 Å². The summed E-state index contributed by atoms with van der Waals surface area (Å²) in [5, 5.41) is 11.7. The third kappa shape index (κ3) is 3.66. The molecular formula is C11H12BrNO3. The van der Waals surface area contributed by atoms with Crippen LogP contribution >= 0.6 is 15.9 Å². The third-order valence-electron chi connectivity index (χ3n) is 1.92. The zero-order valence-electron chi connectivity index (χ0n) is 8.81. The van der Waals surface area contributed by atoms with Crippen molar-refractivity contribution in [3.8, 4) is 0 Å². The van der Waals surface area contributed by atoms with Crippen molar-refractivity contribution in [2.75, 3.05) is 6.61 Å². The van der Waals surface area contributed by atoms with E-state index in [9.17, 15) is 4.79 Å². The van der Waals surface area contributed by atoms with Crippen molar-refractivity contribution in [1.82, 2.24) is 0 Å². The first kappa shape index (κ1) is 12.7. The number of nitrogens with zero attached hydrogens (tertiary/aromatic N) is 1. The van der Waals surface area contributed by atoms with Crippen LogP contribution < -0.4 is 0 Å². The van der Waals surface area contributed by atoms with Gasteiger partial charge in [0.05, 0.1) is 6.61 Å². The van der Waals surface area contributed by atoms with Gasteiger partial charge in [0.25, 0.3) is 0 Å². The zero-order valence-corrected chi connectivity index (χ0v) is 10.4. The van der Waals surface area contributed by atoms with Gasteiger partial charge < -0.3 is 9.94 Å². The topological polar surface area (TPSA) is 58.9 Å². The number of carbonyl (C=O) groups excluding carboxylic acids is 1. The minimum absolute atomic E-state index is 0.00386. The predicted octanol–water partition coefficient (Wildman–Crippen LogP) is 2.38. The number of oxime groups is 1. The Hall–Kier alpha value is -1.36. The SMILES string of the molecule is CCOC(=O)C(Cc1ccc(Br)cc1)=NO. The van der Waals surface area contributed by atoms with Crippen LogP contribution in [0.3, 0.4) is 0 Å². The summed E-state index contributed by atoms with van der Waals surface area (Å²) in [6, 6.07) is 7.40. The molecule has 0 fully saturated rings. The van der Waals surface area contributed by atoms with E-state index in [-0.39, 0.29) is 18.7 Å². The van der Waals surface area contributed by atoms with Crippen LogP contribution in [0.15, 0.2) is 33.9 Å². The van der Waals surface area contributed by atoms with Gasteiger partial charge in [0.1, 0.15) is 0 Å². The maximum absolute atomic E-state index is 11.3. The van der Waals surface area contributed by atoms with E-state index in [1.165, 1.54) is 0 Å². The molecule has 0 spiro atoms. The number of carbonyl (C=O) groups is 1. The van der Waals surface area contributed by atoms with Crippen molar-refractivity contribution >= 4 is 27.6 Å². The Morgan fingerprint density at radius 1 is 1.44 bits per heavy atom. The smallest absolute Gasteiger partial charge is 0.356 e. The summed E-state index contributed by atoms with van der Waals surface area (Å²) in [5.74, 6) is -0.590. The molecular weight excluding hydrogens is 274 g/mol. The molecule has 0 aromatic heterocycles. The Morgan fingerprint density at radius 3 is 2.56 bits per heavy atom. The number of hydrogen-bond acceptors (Lipinski definition) is 4. The fourth-order valence-corrected chi connectivity index (χ4v) is 1.42. The highest BCUT2D eigenvalue weighted by Gasteiger charge is 2.13. The number of esters is 1. The van der Waals surface area contributed by atoms with Gasteiger partial charge in [-0.1, -0.05) is 33.2 Å². The molecule has 16 heavy (non-hydrogen) atoms. The van der Waals surface area contributed by atoms with Crippen molar-refractivity contribution in [3.63, 3.8) is 0 Å². The molecule has 0 aliphatic carbocycles. The first-order chi connectivity index (χ1) is 7.67. The number of rotatable bonds is 4. The Balaban J connectivity index is 2.71. The van der Waals surface area contributed by atoms with Gasteiger partial charge in [0, 0.05) is 10.9 Å². The minimum atomic E-state index is -0.590. The molecule has 0 bridgehead atoms. The van der Waals surface area contributed by atoms with E-state index < -0.39 is 5.97 Å². The van der Waals surface area contributed by atoms with E-state index in [0.717, 1.165) is 10.0 Å². The lowest BCUT2D eigenvalue weighted by atomic mass is 10.1. The maximum Gasteiger partial charge on any atom is 0.356 e. The molecule has 86 valence electrons. The fraction of sp³-hybridized carbons (Fsp3) is 0.273. The van der Waals surface area contributed by atoms with Gasteiger partial charge in [-0.15, -0.1) is 0 Å². The monoisotopic (exact) mass is 285 g/mol. The lowest BCUT2D eigenvalue weighted by molar-refractivity contribution is -0.135. The van der Waals surface area contributed by atoms with Crippen molar-refractivity contribution in [3.05, 3.63) is 34.3 Å². The quantitative estimate of drug-likeness (QED) is 0.400. The van der Waals surface area contributed by atoms with Gasteiger partial charge >= 0.3 is 5.97 Å². The van der Waals surface area contributed by atoms with Crippen molar-refractivity contribution in [2.45, 2.75) is 13.3 Å². The lowest BCUT2D eigenvalue weighted by Crippen LogP contribution is -2.19. The molecule has 1 rings (SSSR count). The molecule has 0 unspecified atom stereocenters. The van der Waals surface area contributed by atoms with E-state index in [1.807, 2.05) is 24.3 Å². The predicted molar refractivity (Wildman–Crippen MR) is 63.7 cm³/mol. The fourth-order valence-electron chi connectivity index (χ4n) is 1.16. The van der Waals surface area contributed by atoms with E-state index in [4.69, 9.17) is 9.94 Å². The van der Waals surface area contributed by atoms with Gasteiger partial charge in [0.2, 0.25) is 0 Å². The second kappa shape index (κ2) is 6.27. The molecule has 1 aromatic rings. The molecule has 1 aromatic carbocycles. The normalized spacial score (nSPS) is 11.2. The molecule has 0 aliphatic rings. The summed E-state index contributed by atoms with van der Waals surface area (Å²) < 4.78 is 5.71. The summed E-state index contributed by atoms with van der Waals surface area (Å²) in [5.41, 5.74) is 0.883. The highest BCUT2D eigenvalue weighted by atomic mass is 79.9. The molecule has 0 radical (unpaired) electrons. The first-order valence-electron chi connectivity index (χ1n) is 4.80. The van der Waals surface area contributed by atoms with Crippen molar-refractivity contribution in [2.24, 2.45) is 5.16 Å². The Kier molecular flexibility index (Phi) is 4.98. The van der Waals surface area contributed by atoms with Gasteiger partial charge in [-0.25, -0.2) is 4.79 Å². The van der Waals surface area contributed by atoms with Gasteiger partial charge in [-0.05, 0) is 24.6 Å². The number of halogens is 1. The van der Waals surface area contributed by atoms with Gasteiger partial charge in [0.15, 0.2) is 5.71 Å². The van der Waals surface area contributed by atoms with Crippen LogP contribution in [0.5, 0.6) is 0 Å². The Labute approximate surface area is 102 Å². The van der Waals surface area contributed by atoms with Crippen LogP contribution in [0.1, 0.15) is 12.5 Å². The highest BCUT2D eigenvalue weighted by molar-refractivity contribution is 9.10. The molecule has 0 atom stereocenters. The standard InChI is InChI=1S/C11H12BrNO3/c1-2-16-11(14)10(13-15)7-8-3-5-9(12)6-4-8/h3-6,15H,2,7H2,1H3. The van der Waals surface area contributed by atoms with Crippen LogP contribution in [-0.4, -0.2) is 23.5 Å². The van der Waals surface area contributed by atoms with E-state index in [2.05, 4.69) is 21.1 Å². The van der Waals surface area contributed by atoms with Crippen molar-refractivity contribution < 1.29 is 14.7 Å². The van der Waals surface area contributed by atoms with Crippen LogP contribution in [0.2, 0.25) is 0 Å². The van der Waals surface area contributed by atoms with Crippen LogP contribution in [0.25, 0.3) is 0 Å². The molecule has 4 nitrogen and oxygen atoms in total. The molecule has 0 saturated carbocycles. The summed E-state index contributed by atoms with van der Waals surface area (Å²) >= 11 is 3.31. The maximum atomic E-state index is 11.3. The van der Waals surface area contributed by atoms with Crippen LogP contribution in [0.4, 0.5) is 0 Å². The number of ether oxygens (including phenoxy) is 1. The van der Waals surface area contributed by atoms with E-state index >= 15 is 0 Å². The average Bonchev–Trinajstić information content (AvgIpc) is 2.28. The zero-order chi connectivity index (χ0) is 12.0. The molecule has 5 heteroatoms. The molecule has 0 saturated heterocycles. The number of hydrogen-bond donors (Lipinski definition) is 1. The van der Waals surface area contributed by atoms with Crippen LogP contribution in [0, 0.1) is 0 Å². The molecule has 0 heterocycles. The van der Waals surface area contributed by atoms with Gasteiger partial charge in [-0.2, -0.15) is 0 Å². The molecule has 0 aliphatic heterocycles. The second-order valence-electron chi connectivity index (χ2n) is 3.07. The number of benzene rings is 1. The highest BCUT2D eigenvalue weighted by Crippen LogP contribution is 2.11. The van der Waals surface area contributed by atoms with E-state index in [0.29, 0.717) is 0 Å². The van der Waals surface area contributed by atoms with Gasteiger partial charge in [-0.3, -0.25) is 0 Å². The Morgan fingerprint density at radius 2 is 2.06 bits per heavy atom. The third-order valence-corrected chi connectivity index (χ3v) is 2.45. The lowest BCUT2D eigenvalue weighted by Gasteiger charge is -2.04. The summed E-state index contributed by atoms with van der Waals surface area (Å²) in [6.07, 6.45) is 0.253. The molecule has 1 N–H and O–H groups in total. The minimum Gasteiger partial charge on any atom is -0.461 e. The summed E-state index contributed by atoms with van der Waals surface area (Å²) in [6.45, 7) is 1.96. The average molecular weight is 286 g/mol. The summed E-state index contributed by atoms with van der Waals surface area (Å²) in [4.78, 5) is 11.3. The second-order valence-corrected chi connectivity index (χ2v) is 3.99. The molecule has 0 amide bonds. The van der Waals surface area contributed by atoms with Crippen molar-refractivity contribution in [1.29, 1.82) is 0 Å². The summed E-state index contributed by atoms with van der Waals surface area (Å²) in [7, 11) is 0. The first-order valence-corrected chi connectivity index (χ1v) is 5.59. The van der Waals surface area contributed by atoms with E-state index in [1.54, 1.807) is 6.92 Å². The largest absolute Gasteiger partial charge is 0.461 e.